The molecule has 4 aromatic rings. The van der Waals surface area contributed by atoms with Crippen LogP contribution in [0.5, 0.6) is 23.0 Å². The lowest BCUT2D eigenvalue weighted by Crippen LogP contribution is -2.28. The summed E-state index contributed by atoms with van der Waals surface area (Å²) in [5, 5.41) is 9.55. The summed E-state index contributed by atoms with van der Waals surface area (Å²) >= 11 is 0. The average Bonchev–Trinajstić information content (AvgIpc) is 3.02. The first-order valence-electron chi connectivity index (χ1n) is 12.8. The fourth-order valence-corrected chi connectivity index (χ4v) is 3.94. The number of aromatic hydroxyl groups is 1. The van der Waals surface area contributed by atoms with Crippen LogP contribution >= 0.6 is 0 Å². The third-order valence-electron chi connectivity index (χ3n) is 5.60. The molecule has 1 N–H and O–H groups in total. The van der Waals surface area contributed by atoms with Crippen LogP contribution in [0.25, 0.3) is 0 Å². The Bertz CT molecular complexity index is 1690. The molecule has 0 spiro atoms. The number of hydrogen-bond donors (Lipinski definition) is 1. The molecule has 0 aliphatic heterocycles. The van der Waals surface area contributed by atoms with Crippen molar-refractivity contribution in [1.29, 1.82) is 0 Å². The molecule has 0 aliphatic carbocycles. The van der Waals surface area contributed by atoms with Crippen LogP contribution in [-0.2, 0) is 32.8 Å². The molecule has 4 aromatic carbocycles. The Balaban J connectivity index is 0.000000257. The number of carbonyl (C=O) groups excluding carboxylic acids is 2. The number of benzene rings is 4. The molecule has 0 aromatic heterocycles. The van der Waals surface area contributed by atoms with Crippen LogP contribution in [0.4, 0.5) is 13.2 Å². The van der Waals surface area contributed by atoms with Crippen LogP contribution in [0.1, 0.15) is 31.8 Å². The first kappa shape index (κ1) is 34.3. The highest BCUT2D eigenvalue weighted by molar-refractivity contribution is 7.88. The van der Waals surface area contributed by atoms with Crippen LogP contribution in [0.2, 0.25) is 0 Å². The molecular weight excluding hydrogens is 621 g/mol. The maximum absolute atomic E-state index is 12.5. The van der Waals surface area contributed by atoms with E-state index in [0.29, 0.717) is 12.4 Å². The number of alkyl halides is 3. The lowest BCUT2D eigenvalue weighted by atomic mass is 10.2. The van der Waals surface area contributed by atoms with Gasteiger partial charge in [-0.1, -0.05) is 60.7 Å². The molecule has 10 nitrogen and oxygen atoms in total. The highest BCUT2D eigenvalue weighted by Gasteiger charge is 2.48. The number of carbonyl (C=O) groups is 2. The molecule has 238 valence electrons. The number of esters is 2. The van der Waals surface area contributed by atoms with Gasteiger partial charge in [-0.3, -0.25) is 0 Å². The summed E-state index contributed by atoms with van der Waals surface area (Å²) in [6.07, 6.45) is 0. The molecule has 45 heavy (non-hydrogen) atoms. The second-order valence-electron chi connectivity index (χ2n) is 8.92. The number of phenolic OH excluding ortho intramolecular Hbond substituents is 1. The van der Waals surface area contributed by atoms with Crippen molar-refractivity contribution in [3.05, 3.63) is 119 Å². The van der Waals surface area contributed by atoms with Crippen LogP contribution in [0.15, 0.2) is 97.1 Å². The Morgan fingerprint density at radius 2 is 1.09 bits per heavy atom. The normalized spacial score (nSPS) is 11.0. The summed E-state index contributed by atoms with van der Waals surface area (Å²) in [6.45, 7) is 0.405. The smallest absolute Gasteiger partial charge is 0.508 e. The molecule has 0 amide bonds. The van der Waals surface area contributed by atoms with Crippen LogP contribution in [0.3, 0.4) is 0 Å². The first-order chi connectivity index (χ1) is 21.3. The van der Waals surface area contributed by atoms with Gasteiger partial charge in [0.15, 0.2) is 0 Å². The number of methoxy groups -OCH3 is 2. The van der Waals surface area contributed by atoms with E-state index in [9.17, 15) is 36.3 Å². The van der Waals surface area contributed by atoms with Gasteiger partial charge in [0.1, 0.15) is 36.2 Å². The molecule has 0 unspecified atom stereocenters. The highest BCUT2D eigenvalue weighted by atomic mass is 32.2. The first-order valence-corrected chi connectivity index (χ1v) is 14.2. The van der Waals surface area contributed by atoms with E-state index in [4.69, 9.17) is 9.47 Å². The van der Waals surface area contributed by atoms with Crippen molar-refractivity contribution in [3.8, 4) is 23.0 Å². The molecule has 0 aliphatic rings. The van der Waals surface area contributed by atoms with Crippen molar-refractivity contribution in [2.75, 3.05) is 14.2 Å². The van der Waals surface area contributed by atoms with Crippen LogP contribution in [-0.4, -0.2) is 45.2 Å². The van der Waals surface area contributed by atoms with Gasteiger partial charge in [-0.2, -0.15) is 21.6 Å². The SMILES string of the molecule is COC(=O)c1cc(O)cc(OCc2ccccc2)c1.COC(=O)c1cc(OCc2ccccc2)cc(OS(=O)(=O)C(F)(F)F)c1. The van der Waals surface area contributed by atoms with Gasteiger partial charge in [-0.05, 0) is 35.4 Å². The van der Waals surface area contributed by atoms with Crippen molar-refractivity contribution in [2.24, 2.45) is 0 Å². The van der Waals surface area contributed by atoms with E-state index >= 15 is 0 Å². The molecule has 0 heterocycles. The van der Waals surface area contributed by atoms with Gasteiger partial charge in [0.05, 0.1) is 25.3 Å². The van der Waals surface area contributed by atoms with Crippen molar-refractivity contribution in [2.45, 2.75) is 18.7 Å². The van der Waals surface area contributed by atoms with Gasteiger partial charge < -0.3 is 28.2 Å². The quantitative estimate of drug-likeness (QED) is 0.123. The summed E-state index contributed by atoms with van der Waals surface area (Å²) in [4.78, 5) is 23.1. The number of hydrogen-bond acceptors (Lipinski definition) is 10. The van der Waals surface area contributed by atoms with E-state index in [0.717, 1.165) is 30.4 Å². The monoisotopic (exact) mass is 648 g/mol. The summed E-state index contributed by atoms with van der Waals surface area (Å²) in [7, 11) is -3.54. The number of rotatable bonds is 10. The number of phenols is 1. The Morgan fingerprint density at radius 1 is 0.667 bits per heavy atom. The van der Waals surface area contributed by atoms with Gasteiger partial charge in [-0.15, -0.1) is 0 Å². The van der Waals surface area contributed by atoms with E-state index in [2.05, 4.69) is 13.7 Å². The third kappa shape index (κ3) is 10.5. The Kier molecular flexibility index (Phi) is 11.8. The van der Waals surface area contributed by atoms with Crippen LogP contribution < -0.4 is 13.7 Å². The minimum atomic E-state index is -5.89. The summed E-state index contributed by atoms with van der Waals surface area (Å²) in [5.41, 5.74) is -3.83. The summed E-state index contributed by atoms with van der Waals surface area (Å²) in [6, 6.07) is 25.7. The molecular formula is C31H27F3O10S. The molecule has 4 rings (SSSR count). The zero-order chi connectivity index (χ0) is 33.0. The predicted molar refractivity (Wildman–Crippen MR) is 154 cm³/mol. The lowest BCUT2D eigenvalue weighted by Gasteiger charge is -2.13. The van der Waals surface area contributed by atoms with E-state index in [-0.39, 0.29) is 29.2 Å². The van der Waals surface area contributed by atoms with E-state index in [1.807, 2.05) is 30.3 Å². The molecule has 0 fully saturated rings. The lowest BCUT2D eigenvalue weighted by molar-refractivity contribution is -0.0500. The van der Waals surface area contributed by atoms with Crippen molar-refractivity contribution < 1.29 is 59.4 Å². The number of ether oxygens (including phenoxy) is 4. The van der Waals surface area contributed by atoms with Gasteiger partial charge in [0.25, 0.3) is 0 Å². The van der Waals surface area contributed by atoms with Crippen molar-refractivity contribution in [1.82, 2.24) is 0 Å². The average molecular weight is 649 g/mol. The Morgan fingerprint density at radius 3 is 1.53 bits per heavy atom. The second-order valence-corrected chi connectivity index (χ2v) is 10.5. The fraction of sp³-hybridized carbons (Fsp3) is 0.161. The molecule has 0 saturated heterocycles. The number of halogens is 3. The Hall–Kier alpha value is -5.24. The zero-order valence-corrected chi connectivity index (χ0v) is 24.6. The van der Waals surface area contributed by atoms with Gasteiger partial charge in [-0.25, -0.2) is 9.59 Å². The van der Waals surface area contributed by atoms with E-state index in [1.54, 1.807) is 30.3 Å². The predicted octanol–water partition coefficient (Wildman–Crippen LogP) is 6.04. The standard InChI is InChI=1S/C16H13F3O6S.C15H14O4/c1-23-15(20)12-7-13(24-10-11-5-3-2-4-6-11)9-14(8-12)25-26(21,22)16(17,18)19;1-18-15(17)12-7-13(16)9-14(8-12)19-10-11-5-3-2-4-6-11/h2-9H,10H2,1H3;2-9,16H,10H2,1H3. The third-order valence-corrected chi connectivity index (χ3v) is 6.58. The fourth-order valence-electron chi connectivity index (χ4n) is 3.50. The minimum Gasteiger partial charge on any atom is -0.508 e. The maximum Gasteiger partial charge on any atom is 0.534 e. The summed E-state index contributed by atoms with van der Waals surface area (Å²) < 4.78 is 83.8. The molecule has 0 saturated carbocycles. The van der Waals surface area contributed by atoms with Crippen LogP contribution in [0, 0.1) is 0 Å². The molecule has 0 atom stereocenters. The summed E-state index contributed by atoms with van der Waals surface area (Å²) in [5.74, 6) is -1.82. The topological polar surface area (TPSA) is 135 Å². The molecule has 0 bridgehead atoms. The zero-order valence-electron chi connectivity index (χ0n) is 23.8. The van der Waals surface area contributed by atoms with Crippen molar-refractivity contribution >= 4 is 22.1 Å². The maximum atomic E-state index is 12.5. The van der Waals surface area contributed by atoms with Gasteiger partial charge in [0.2, 0.25) is 0 Å². The molecule has 0 radical (unpaired) electrons. The van der Waals surface area contributed by atoms with E-state index < -0.39 is 33.3 Å². The van der Waals surface area contributed by atoms with Gasteiger partial charge >= 0.3 is 27.6 Å². The van der Waals surface area contributed by atoms with Gasteiger partial charge in [0, 0.05) is 12.1 Å². The minimum absolute atomic E-state index is 0.0361. The van der Waals surface area contributed by atoms with E-state index in [1.165, 1.54) is 31.4 Å². The second kappa shape index (κ2) is 15.5. The Labute approximate surface area is 256 Å². The highest BCUT2D eigenvalue weighted by Crippen LogP contribution is 2.30. The molecule has 14 heteroatoms. The van der Waals surface area contributed by atoms with Crippen molar-refractivity contribution in [3.63, 3.8) is 0 Å². The largest absolute Gasteiger partial charge is 0.534 e.